The number of piperidine rings is 1. The van der Waals surface area contributed by atoms with Gasteiger partial charge in [0.1, 0.15) is 0 Å². The van der Waals surface area contributed by atoms with E-state index < -0.39 is 0 Å². The van der Waals surface area contributed by atoms with Crippen LogP contribution in [0, 0.1) is 19.3 Å². The predicted molar refractivity (Wildman–Crippen MR) is 84.0 cm³/mol. The molecule has 118 valence electrons. The van der Waals surface area contributed by atoms with E-state index >= 15 is 0 Å². The third kappa shape index (κ3) is 3.28. The molecule has 2 rings (SSSR count). The van der Waals surface area contributed by atoms with Gasteiger partial charge in [-0.1, -0.05) is 13.3 Å². The van der Waals surface area contributed by atoms with E-state index in [2.05, 4.69) is 22.7 Å². The van der Waals surface area contributed by atoms with Crippen LogP contribution in [0.4, 0.5) is 0 Å². The minimum atomic E-state index is -0.225. The molecule has 1 aromatic heterocycles. The van der Waals surface area contributed by atoms with Crippen LogP contribution in [0.5, 0.6) is 0 Å². The maximum Gasteiger partial charge on any atom is 0.227 e. The highest BCUT2D eigenvalue weighted by atomic mass is 16.2. The second kappa shape index (κ2) is 6.60. The van der Waals surface area contributed by atoms with Crippen molar-refractivity contribution in [3.8, 4) is 0 Å². The Morgan fingerprint density at radius 2 is 2.24 bits per heavy atom. The lowest BCUT2D eigenvalue weighted by Gasteiger charge is -2.36. The summed E-state index contributed by atoms with van der Waals surface area (Å²) in [5, 5.41) is 11.0. The number of amides is 1. The molecule has 1 aliphatic rings. The Kier molecular flexibility index (Phi) is 5.04. The Balaban J connectivity index is 2.05. The number of hydrogen-bond donors (Lipinski definition) is 2. The average Bonchev–Trinajstić information content (AvgIpc) is 2.71. The highest BCUT2D eigenvalue weighted by Crippen LogP contribution is 2.32. The van der Waals surface area contributed by atoms with E-state index in [-0.39, 0.29) is 11.3 Å². The molecule has 1 saturated heterocycles. The van der Waals surface area contributed by atoms with Gasteiger partial charge in [0.2, 0.25) is 5.91 Å². The summed E-state index contributed by atoms with van der Waals surface area (Å²) >= 11 is 0. The average molecular weight is 292 g/mol. The van der Waals surface area contributed by atoms with Gasteiger partial charge >= 0.3 is 0 Å². The van der Waals surface area contributed by atoms with Gasteiger partial charge in [-0.25, -0.2) is 0 Å². The van der Waals surface area contributed by atoms with Crippen molar-refractivity contribution in [3.63, 3.8) is 0 Å². The highest BCUT2D eigenvalue weighted by Gasteiger charge is 2.38. The van der Waals surface area contributed by atoms with Crippen molar-refractivity contribution >= 4 is 5.91 Å². The standard InChI is InChI=1S/C16H28N4O/c1-5-7-16(8-6-9-17-11-16)15(21)18-10-14-12(2)19-20(4)13(14)3/h17H,5-11H2,1-4H3,(H,18,21). The van der Waals surface area contributed by atoms with Crippen LogP contribution in [0.3, 0.4) is 0 Å². The summed E-state index contributed by atoms with van der Waals surface area (Å²) in [5.74, 6) is 0.194. The molecule has 0 aromatic carbocycles. The molecule has 1 aliphatic heterocycles. The van der Waals surface area contributed by atoms with Gasteiger partial charge in [-0.3, -0.25) is 9.48 Å². The van der Waals surface area contributed by atoms with Gasteiger partial charge in [-0.15, -0.1) is 0 Å². The Morgan fingerprint density at radius 3 is 2.76 bits per heavy atom. The molecule has 2 N–H and O–H groups in total. The number of carbonyl (C=O) groups excluding carboxylic acids is 1. The molecule has 0 saturated carbocycles. The van der Waals surface area contributed by atoms with Crippen LogP contribution in [0.15, 0.2) is 0 Å². The zero-order valence-electron chi connectivity index (χ0n) is 13.8. The summed E-state index contributed by atoms with van der Waals surface area (Å²) in [6, 6.07) is 0. The summed E-state index contributed by atoms with van der Waals surface area (Å²) in [6.07, 6.45) is 4.07. The fourth-order valence-corrected chi connectivity index (χ4v) is 3.40. The van der Waals surface area contributed by atoms with Crippen molar-refractivity contribution in [3.05, 3.63) is 17.0 Å². The third-order valence-corrected chi connectivity index (χ3v) is 4.77. The first-order valence-electron chi connectivity index (χ1n) is 7.98. The molecular formula is C16H28N4O. The summed E-state index contributed by atoms with van der Waals surface area (Å²) < 4.78 is 1.88. The maximum absolute atomic E-state index is 12.7. The monoisotopic (exact) mass is 292 g/mol. The number of hydrogen-bond acceptors (Lipinski definition) is 3. The van der Waals surface area contributed by atoms with Crippen LogP contribution in [0.2, 0.25) is 0 Å². The van der Waals surface area contributed by atoms with Crippen LogP contribution in [-0.2, 0) is 18.4 Å². The van der Waals surface area contributed by atoms with Crippen LogP contribution >= 0.6 is 0 Å². The smallest absolute Gasteiger partial charge is 0.227 e. The molecular weight excluding hydrogens is 264 g/mol. The largest absolute Gasteiger partial charge is 0.351 e. The topological polar surface area (TPSA) is 59.0 Å². The molecule has 1 amide bonds. The van der Waals surface area contributed by atoms with E-state index in [1.807, 2.05) is 25.6 Å². The van der Waals surface area contributed by atoms with Crippen LogP contribution in [-0.4, -0.2) is 28.8 Å². The van der Waals surface area contributed by atoms with Gasteiger partial charge in [0.25, 0.3) is 0 Å². The van der Waals surface area contributed by atoms with E-state index in [1.54, 1.807) is 0 Å². The second-order valence-electron chi connectivity index (χ2n) is 6.27. The Morgan fingerprint density at radius 1 is 1.48 bits per heavy atom. The van der Waals surface area contributed by atoms with Gasteiger partial charge < -0.3 is 10.6 Å². The van der Waals surface area contributed by atoms with Gasteiger partial charge in [-0.2, -0.15) is 5.10 Å². The molecule has 21 heavy (non-hydrogen) atoms. The molecule has 1 aromatic rings. The lowest BCUT2D eigenvalue weighted by atomic mass is 9.76. The fourth-order valence-electron chi connectivity index (χ4n) is 3.40. The summed E-state index contributed by atoms with van der Waals surface area (Å²) in [7, 11) is 1.94. The van der Waals surface area contributed by atoms with Crippen molar-refractivity contribution in [2.75, 3.05) is 13.1 Å². The van der Waals surface area contributed by atoms with Crippen molar-refractivity contribution in [2.45, 2.75) is 53.0 Å². The number of carbonyl (C=O) groups is 1. The number of rotatable bonds is 5. The Hall–Kier alpha value is -1.36. The number of aryl methyl sites for hydroxylation is 2. The highest BCUT2D eigenvalue weighted by molar-refractivity contribution is 5.83. The molecule has 1 unspecified atom stereocenters. The first-order valence-corrected chi connectivity index (χ1v) is 7.98. The molecule has 1 atom stereocenters. The van der Waals surface area contributed by atoms with E-state index in [1.165, 1.54) is 0 Å². The third-order valence-electron chi connectivity index (χ3n) is 4.77. The van der Waals surface area contributed by atoms with Crippen molar-refractivity contribution < 1.29 is 4.79 Å². The van der Waals surface area contributed by atoms with E-state index in [9.17, 15) is 4.79 Å². The minimum Gasteiger partial charge on any atom is -0.351 e. The summed E-state index contributed by atoms with van der Waals surface area (Å²) in [6.45, 7) is 8.61. The number of nitrogens with one attached hydrogen (secondary N) is 2. The first-order chi connectivity index (χ1) is 10.00. The molecule has 5 nitrogen and oxygen atoms in total. The van der Waals surface area contributed by atoms with Gasteiger partial charge in [-0.05, 0) is 39.7 Å². The number of aromatic nitrogens is 2. The van der Waals surface area contributed by atoms with Gasteiger partial charge in [0.15, 0.2) is 0 Å². The Bertz CT molecular complexity index is 495. The Labute approximate surface area is 127 Å². The normalized spacial score (nSPS) is 22.3. The lowest BCUT2D eigenvalue weighted by molar-refractivity contribution is -0.132. The maximum atomic E-state index is 12.7. The van der Waals surface area contributed by atoms with E-state index in [4.69, 9.17) is 0 Å². The van der Waals surface area contributed by atoms with Crippen LogP contribution < -0.4 is 10.6 Å². The van der Waals surface area contributed by atoms with Gasteiger partial charge in [0.05, 0.1) is 11.1 Å². The fraction of sp³-hybridized carbons (Fsp3) is 0.750. The SMILES string of the molecule is CCCC1(C(=O)NCc2c(C)nn(C)c2C)CCCNC1. The van der Waals surface area contributed by atoms with Crippen LogP contribution in [0.1, 0.15) is 49.6 Å². The van der Waals surface area contributed by atoms with Crippen LogP contribution in [0.25, 0.3) is 0 Å². The quantitative estimate of drug-likeness (QED) is 0.870. The van der Waals surface area contributed by atoms with Crippen molar-refractivity contribution in [2.24, 2.45) is 12.5 Å². The summed E-state index contributed by atoms with van der Waals surface area (Å²) in [4.78, 5) is 12.7. The predicted octanol–water partition coefficient (Wildman–Crippen LogP) is 1.82. The lowest BCUT2D eigenvalue weighted by Crippen LogP contribution is -2.50. The van der Waals surface area contributed by atoms with Gasteiger partial charge in [0, 0.05) is 31.4 Å². The van der Waals surface area contributed by atoms with E-state index in [0.29, 0.717) is 6.54 Å². The first kappa shape index (κ1) is 16.0. The molecule has 5 heteroatoms. The van der Waals surface area contributed by atoms with Crippen molar-refractivity contribution in [1.29, 1.82) is 0 Å². The summed E-state index contributed by atoms with van der Waals surface area (Å²) in [5.41, 5.74) is 3.04. The molecule has 0 spiro atoms. The number of nitrogens with zero attached hydrogens (tertiary/aromatic N) is 2. The molecule has 0 aliphatic carbocycles. The molecule has 0 bridgehead atoms. The zero-order chi connectivity index (χ0) is 15.5. The van der Waals surface area contributed by atoms with Crippen molar-refractivity contribution in [1.82, 2.24) is 20.4 Å². The molecule has 0 radical (unpaired) electrons. The minimum absolute atomic E-state index is 0.194. The second-order valence-corrected chi connectivity index (χ2v) is 6.27. The zero-order valence-corrected chi connectivity index (χ0v) is 13.8. The van der Waals surface area contributed by atoms with E-state index in [0.717, 1.165) is 55.7 Å². The molecule has 2 heterocycles. The molecule has 1 fully saturated rings.